The molecule has 1 saturated heterocycles. The predicted molar refractivity (Wildman–Crippen MR) is 149 cm³/mol. The summed E-state index contributed by atoms with van der Waals surface area (Å²) in [6.45, 7) is 5.01. The van der Waals surface area contributed by atoms with E-state index in [0.717, 1.165) is 57.8 Å². The molecule has 4 nitrogen and oxygen atoms in total. The van der Waals surface area contributed by atoms with Gasteiger partial charge in [0.15, 0.2) is 0 Å². The Morgan fingerprint density at radius 3 is 2.37 bits per heavy atom. The van der Waals surface area contributed by atoms with E-state index in [1.54, 1.807) is 0 Å². The summed E-state index contributed by atoms with van der Waals surface area (Å²) in [5.74, 6) is 0.676. The van der Waals surface area contributed by atoms with E-state index >= 15 is 0 Å². The Morgan fingerprint density at radius 1 is 0.943 bits per heavy atom. The molecular weight excluding hydrogens is 456 g/mol. The van der Waals surface area contributed by atoms with Crippen molar-refractivity contribution in [1.82, 2.24) is 0 Å². The van der Waals surface area contributed by atoms with Gasteiger partial charge >= 0.3 is 5.97 Å². The second-order valence-corrected chi connectivity index (χ2v) is 12.5. The lowest BCUT2D eigenvalue weighted by molar-refractivity contribution is -0.143. The van der Waals surface area contributed by atoms with Crippen molar-refractivity contribution in [3.05, 3.63) is 12.2 Å². The van der Waals surface area contributed by atoms with E-state index in [1.165, 1.54) is 51.4 Å². The smallest absolute Gasteiger partial charge is 0.305 e. The normalized spacial score (nSPS) is 26.9. The van der Waals surface area contributed by atoms with Gasteiger partial charge in [0.1, 0.15) is 0 Å². The molecule has 0 bridgehead atoms. The largest absolute Gasteiger partial charge is 0.466 e. The number of aliphatic hydroxyl groups excluding tert-OH is 2. The minimum atomic E-state index is -0.382. The topological polar surface area (TPSA) is 66.8 Å². The highest BCUT2D eigenvalue weighted by molar-refractivity contribution is 8.00. The fraction of sp³-hybridized carbons (Fsp3) is 0.900. The van der Waals surface area contributed by atoms with E-state index in [1.807, 2.05) is 6.08 Å². The number of thioether (sulfide) groups is 1. The highest BCUT2D eigenvalue weighted by Crippen LogP contribution is 2.52. The summed E-state index contributed by atoms with van der Waals surface area (Å²) in [5, 5.41) is 21.9. The molecule has 1 heterocycles. The molecule has 0 amide bonds. The third kappa shape index (κ3) is 12.5. The maximum absolute atomic E-state index is 12.0. The van der Waals surface area contributed by atoms with Gasteiger partial charge < -0.3 is 14.9 Å². The monoisotopic (exact) mass is 510 g/mol. The third-order valence-corrected chi connectivity index (χ3v) is 9.57. The number of unbranched alkanes of at least 4 members (excludes halogenated alkanes) is 10. The number of carbonyl (C=O) groups excluding carboxylic acids is 1. The van der Waals surface area contributed by atoms with E-state index < -0.39 is 0 Å². The van der Waals surface area contributed by atoms with Crippen LogP contribution < -0.4 is 0 Å². The summed E-state index contributed by atoms with van der Waals surface area (Å²) in [7, 11) is 0. The Hall–Kier alpha value is -0.520. The average molecular weight is 511 g/mol. The van der Waals surface area contributed by atoms with Gasteiger partial charge in [0.25, 0.3) is 0 Å². The van der Waals surface area contributed by atoms with Crippen LogP contribution in [-0.2, 0) is 9.53 Å². The van der Waals surface area contributed by atoms with Crippen LogP contribution in [0.1, 0.15) is 129 Å². The number of hydrogen-bond donors (Lipinski definition) is 2. The number of fused-ring (bicyclic) bond motifs is 1. The van der Waals surface area contributed by atoms with E-state index in [4.69, 9.17) is 4.74 Å². The molecule has 6 atom stereocenters. The molecule has 0 spiro atoms. The molecule has 204 valence electrons. The zero-order chi connectivity index (χ0) is 25.3. The van der Waals surface area contributed by atoms with Crippen LogP contribution in [0.15, 0.2) is 12.2 Å². The third-order valence-electron chi connectivity index (χ3n) is 7.87. The van der Waals surface area contributed by atoms with Gasteiger partial charge in [0.05, 0.1) is 18.8 Å². The zero-order valence-corrected chi connectivity index (χ0v) is 23.5. The average Bonchev–Trinajstić information content (AvgIpc) is 3.35. The molecule has 0 aromatic heterocycles. The fourth-order valence-corrected chi connectivity index (χ4v) is 7.66. The first-order valence-corrected chi connectivity index (χ1v) is 15.8. The van der Waals surface area contributed by atoms with Gasteiger partial charge in [-0.25, -0.2) is 0 Å². The molecule has 2 aliphatic rings. The lowest BCUT2D eigenvalue weighted by Crippen LogP contribution is -2.19. The molecule has 5 heteroatoms. The summed E-state index contributed by atoms with van der Waals surface area (Å²) in [5.41, 5.74) is 0. The lowest BCUT2D eigenvalue weighted by atomic mass is 9.89. The van der Waals surface area contributed by atoms with Gasteiger partial charge in [-0.05, 0) is 44.4 Å². The van der Waals surface area contributed by atoms with Crippen molar-refractivity contribution in [1.29, 1.82) is 0 Å². The van der Waals surface area contributed by atoms with Crippen molar-refractivity contribution in [2.24, 2.45) is 11.8 Å². The second kappa shape index (κ2) is 18.7. The molecule has 0 radical (unpaired) electrons. The molecule has 2 N–H and O–H groups in total. The summed E-state index contributed by atoms with van der Waals surface area (Å²) in [6.07, 6.45) is 23.4. The van der Waals surface area contributed by atoms with Crippen LogP contribution in [0.25, 0.3) is 0 Å². The van der Waals surface area contributed by atoms with Gasteiger partial charge in [0, 0.05) is 22.8 Å². The molecule has 1 aliphatic carbocycles. The molecule has 0 aromatic carbocycles. The van der Waals surface area contributed by atoms with E-state index in [9.17, 15) is 15.0 Å². The van der Waals surface area contributed by atoms with E-state index in [-0.39, 0.29) is 24.1 Å². The summed E-state index contributed by atoms with van der Waals surface area (Å²) >= 11 is 2.05. The fourth-order valence-electron chi connectivity index (χ4n) is 5.72. The Labute approximate surface area is 220 Å². The van der Waals surface area contributed by atoms with Crippen molar-refractivity contribution in [3.63, 3.8) is 0 Å². The Kier molecular flexibility index (Phi) is 16.4. The summed E-state index contributed by atoms with van der Waals surface area (Å²) in [4.78, 5) is 12.0. The van der Waals surface area contributed by atoms with E-state index in [2.05, 4.69) is 31.7 Å². The second-order valence-electron chi connectivity index (χ2n) is 11.0. The molecule has 2 fully saturated rings. The van der Waals surface area contributed by atoms with Crippen LogP contribution in [-0.4, -0.2) is 45.5 Å². The van der Waals surface area contributed by atoms with Crippen LogP contribution in [0.3, 0.4) is 0 Å². The number of carbonyl (C=O) groups is 1. The Morgan fingerprint density at radius 2 is 1.63 bits per heavy atom. The van der Waals surface area contributed by atoms with Gasteiger partial charge in [-0.1, -0.05) is 96.6 Å². The van der Waals surface area contributed by atoms with Crippen LogP contribution in [0.4, 0.5) is 0 Å². The molecule has 1 unspecified atom stereocenters. The number of hydrogen-bond acceptors (Lipinski definition) is 5. The van der Waals surface area contributed by atoms with Crippen molar-refractivity contribution in [2.75, 3.05) is 6.61 Å². The quantitative estimate of drug-likeness (QED) is 0.100. The first-order chi connectivity index (χ1) is 17.0. The highest BCUT2D eigenvalue weighted by atomic mass is 32.2. The molecule has 1 aliphatic heterocycles. The Bertz CT molecular complexity index is 581. The van der Waals surface area contributed by atoms with Crippen molar-refractivity contribution in [3.8, 4) is 0 Å². The van der Waals surface area contributed by atoms with Crippen molar-refractivity contribution < 1.29 is 19.7 Å². The molecule has 0 aromatic rings. The minimum Gasteiger partial charge on any atom is -0.466 e. The summed E-state index contributed by atoms with van der Waals surface area (Å²) < 4.78 is 5.42. The van der Waals surface area contributed by atoms with Crippen LogP contribution in [0.5, 0.6) is 0 Å². The van der Waals surface area contributed by atoms with Gasteiger partial charge in [-0.2, -0.15) is 11.8 Å². The van der Waals surface area contributed by atoms with Crippen molar-refractivity contribution in [2.45, 2.75) is 152 Å². The molecule has 1 saturated carbocycles. The molecule has 35 heavy (non-hydrogen) atoms. The van der Waals surface area contributed by atoms with Gasteiger partial charge in [-0.3, -0.25) is 4.79 Å². The first-order valence-electron chi connectivity index (χ1n) is 14.9. The number of ether oxygens (including phenoxy) is 1. The SMILES string of the molecule is CCCCCCCCCCOC(=O)CCCCC1C[C@@H]2[C@@H](/C=C/[C@@H](O)CCCCC)[C@H](O)C[C@@H]2S1. The Balaban J connectivity index is 1.52. The first kappa shape index (κ1) is 30.7. The van der Waals surface area contributed by atoms with Gasteiger partial charge in [-0.15, -0.1) is 0 Å². The maximum atomic E-state index is 12.0. The highest BCUT2D eigenvalue weighted by Gasteiger charge is 2.47. The van der Waals surface area contributed by atoms with Gasteiger partial charge in [0.2, 0.25) is 0 Å². The zero-order valence-electron chi connectivity index (χ0n) is 22.7. The summed E-state index contributed by atoms with van der Waals surface area (Å²) in [6, 6.07) is 0. The minimum absolute atomic E-state index is 0.0327. The molecular formula is C30H54O4S. The van der Waals surface area contributed by atoms with E-state index in [0.29, 0.717) is 29.4 Å². The number of aliphatic hydroxyl groups is 2. The number of esters is 1. The van der Waals surface area contributed by atoms with Crippen LogP contribution >= 0.6 is 11.8 Å². The predicted octanol–water partition coefficient (Wildman–Crippen LogP) is 7.60. The van der Waals surface area contributed by atoms with Crippen LogP contribution in [0.2, 0.25) is 0 Å². The number of rotatable bonds is 20. The maximum Gasteiger partial charge on any atom is 0.305 e. The molecule has 2 rings (SSSR count). The lowest BCUT2D eigenvalue weighted by Gasteiger charge is -2.18. The standard InChI is InChI=1S/C30H54O4S/c1-3-5-7-8-9-10-11-15-21-34-30(33)18-14-13-17-25-22-27-26(28(32)23-29(27)35-25)20-19-24(31)16-12-6-4-2/h19-20,24-29,31-32H,3-18,21-23H2,1-2H3/b20-19+/t24-,25?,26+,27+,28+,29-/m0/s1. The van der Waals surface area contributed by atoms with Crippen LogP contribution in [0, 0.1) is 11.8 Å². The van der Waals surface area contributed by atoms with Crippen molar-refractivity contribution >= 4 is 17.7 Å².